The third-order valence-corrected chi connectivity index (χ3v) is 9.60. The third kappa shape index (κ3) is 4.42. The van der Waals surface area contributed by atoms with Gasteiger partial charge in [0.15, 0.2) is 17.5 Å². The first-order valence-electron chi connectivity index (χ1n) is 16.5. The zero-order valence-electron chi connectivity index (χ0n) is 26.5. The van der Waals surface area contributed by atoms with Crippen LogP contribution < -0.4 is 0 Å². The molecule has 228 valence electrons. The summed E-state index contributed by atoms with van der Waals surface area (Å²) in [7, 11) is 0. The van der Waals surface area contributed by atoms with Crippen molar-refractivity contribution in [3.05, 3.63) is 170 Å². The summed E-state index contributed by atoms with van der Waals surface area (Å²) in [6, 6.07) is 59.8. The Hall–Kier alpha value is -6.65. The van der Waals surface area contributed by atoms with Crippen molar-refractivity contribution in [1.29, 1.82) is 0 Å². The lowest BCUT2D eigenvalue weighted by molar-refractivity contribution is 1.07. The predicted octanol–water partition coefficient (Wildman–Crippen LogP) is 11.4. The molecule has 2 aromatic heterocycles. The van der Waals surface area contributed by atoms with Crippen LogP contribution in [-0.4, -0.2) is 19.5 Å². The molecule has 0 unspecified atom stereocenters. The molecule has 0 amide bonds. The van der Waals surface area contributed by atoms with E-state index in [1.165, 1.54) is 43.1 Å². The molecular formula is C45H28N4. The topological polar surface area (TPSA) is 43.6 Å². The van der Waals surface area contributed by atoms with E-state index >= 15 is 0 Å². The minimum Gasteiger partial charge on any atom is -0.309 e. The molecule has 8 aromatic carbocycles. The molecule has 0 N–H and O–H groups in total. The molecule has 4 heteroatoms. The molecule has 10 aromatic rings. The Bertz CT molecular complexity index is 2820. The quantitative estimate of drug-likeness (QED) is 0.183. The molecular weight excluding hydrogens is 597 g/mol. The lowest BCUT2D eigenvalue weighted by Gasteiger charge is -2.12. The smallest absolute Gasteiger partial charge is 0.164 e. The van der Waals surface area contributed by atoms with Gasteiger partial charge in [0, 0.05) is 33.2 Å². The Balaban J connectivity index is 1.21. The second-order valence-corrected chi connectivity index (χ2v) is 12.4. The minimum atomic E-state index is 0.638. The summed E-state index contributed by atoms with van der Waals surface area (Å²) in [5.74, 6) is 1.94. The average molecular weight is 625 g/mol. The Labute approximate surface area is 282 Å². The van der Waals surface area contributed by atoms with Crippen molar-refractivity contribution < 1.29 is 0 Å². The number of rotatable bonds is 4. The van der Waals surface area contributed by atoms with Gasteiger partial charge in [-0.1, -0.05) is 146 Å². The summed E-state index contributed by atoms with van der Waals surface area (Å²) in [6.07, 6.45) is 0. The van der Waals surface area contributed by atoms with Crippen molar-refractivity contribution in [2.24, 2.45) is 0 Å². The van der Waals surface area contributed by atoms with E-state index in [-0.39, 0.29) is 0 Å². The first kappa shape index (κ1) is 27.5. The van der Waals surface area contributed by atoms with Gasteiger partial charge in [-0.2, -0.15) is 0 Å². The van der Waals surface area contributed by atoms with Crippen LogP contribution in [0.25, 0.3) is 94.0 Å². The van der Waals surface area contributed by atoms with E-state index in [1.54, 1.807) is 0 Å². The van der Waals surface area contributed by atoms with Crippen molar-refractivity contribution in [2.45, 2.75) is 0 Å². The summed E-state index contributed by atoms with van der Waals surface area (Å²) >= 11 is 0. The molecule has 4 nitrogen and oxygen atoms in total. The van der Waals surface area contributed by atoms with Gasteiger partial charge in [-0.05, 0) is 56.6 Å². The Morgan fingerprint density at radius 3 is 1.63 bits per heavy atom. The molecule has 10 rings (SSSR count). The molecule has 0 aliphatic heterocycles. The van der Waals surface area contributed by atoms with Crippen LogP contribution in [0.5, 0.6) is 0 Å². The maximum absolute atomic E-state index is 5.01. The Morgan fingerprint density at radius 1 is 0.327 bits per heavy atom. The van der Waals surface area contributed by atoms with Crippen LogP contribution >= 0.6 is 0 Å². The number of hydrogen-bond donors (Lipinski definition) is 0. The summed E-state index contributed by atoms with van der Waals surface area (Å²) < 4.78 is 2.37. The van der Waals surface area contributed by atoms with Crippen molar-refractivity contribution in [1.82, 2.24) is 19.5 Å². The van der Waals surface area contributed by atoms with E-state index in [1.807, 2.05) is 60.7 Å². The number of benzene rings is 8. The normalized spacial score (nSPS) is 11.7. The van der Waals surface area contributed by atoms with Gasteiger partial charge in [0.1, 0.15) is 0 Å². The number of hydrogen-bond acceptors (Lipinski definition) is 3. The van der Waals surface area contributed by atoms with Gasteiger partial charge < -0.3 is 4.57 Å². The van der Waals surface area contributed by atoms with Crippen LogP contribution in [0.2, 0.25) is 0 Å². The third-order valence-electron chi connectivity index (χ3n) is 9.60. The first-order valence-corrected chi connectivity index (χ1v) is 16.5. The van der Waals surface area contributed by atoms with Gasteiger partial charge in [-0.3, -0.25) is 0 Å². The van der Waals surface area contributed by atoms with Crippen LogP contribution in [-0.2, 0) is 0 Å². The summed E-state index contributed by atoms with van der Waals surface area (Å²) in [6.45, 7) is 0. The van der Waals surface area contributed by atoms with Crippen molar-refractivity contribution >= 4 is 54.1 Å². The molecule has 0 fully saturated rings. The lowest BCUT2D eigenvalue weighted by Crippen LogP contribution is -2.01. The maximum Gasteiger partial charge on any atom is 0.164 e. The van der Waals surface area contributed by atoms with Crippen LogP contribution in [0, 0.1) is 0 Å². The van der Waals surface area contributed by atoms with Crippen molar-refractivity contribution in [3.63, 3.8) is 0 Å². The van der Waals surface area contributed by atoms with Crippen molar-refractivity contribution in [2.75, 3.05) is 0 Å². The molecule has 0 radical (unpaired) electrons. The molecule has 0 saturated carbocycles. The Kier molecular flexibility index (Phi) is 6.15. The number of para-hydroxylation sites is 1. The molecule has 2 heterocycles. The van der Waals surface area contributed by atoms with E-state index in [4.69, 9.17) is 15.0 Å². The molecule has 49 heavy (non-hydrogen) atoms. The predicted molar refractivity (Wildman–Crippen MR) is 203 cm³/mol. The molecule has 0 saturated heterocycles. The van der Waals surface area contributed by atoms with Crippen LogP contribution in [0.15, 0.2) is 170 Å². The standard InChI is InChI=1S/C45H28N4/c1-3-13-31(14-4-1)43-46-44(32-15-5-2-6-16-32)48-45(47-43)33-17-11-18-34(28-33)49-39-21-10-9-20-38(39)42-37-25-24-30-23-22-29-12-7-8-19-35(29)41(30)36(37)26-27-40(42)49/h1-28H. The van der Waals surface area contributed by atoms with Gasteiger partial charge in [0.25, 0.3) is 0 Å². The molecule has 0 aliphatic rings. The lowest BCUT2D eigenvalue weighted by atomic mass is 9.94. The van der Waals surface area contributed by atoms with Gasteiger partial charge in [-0.15, -0.1) is 0 Å². The van der Waals surface area contributed by atoms with Crippen LogP contribution in [0.4, 0.5) is 0 Å². The maximum atomic E-state index is 5.01. The zero-order valence-corrected chi connectivity index (χ0v) is 26.5. The van der Waals surface area contributed by atoms with E-state index < -0.39 is 0 Å². The number of aromatic nitrogens is 4. The highest BCUT2D eigenvalue weighted by molar-refractivity contribution is 6.29. The number of nitrogens with zero attached hydrogens (tertiary/aromatic N) is 4. The summed E-state index contributed by atoms with van der Waals surface area (Å²) in [4.78, 5) is 14.9. The van der Waals surface area contributed by atoms with Gasteiger partial charge in [-0.25, -0.2) is 15.0 Å². The fraction of sp³-hybridized carbons (Fsp3) is 0. The van der Waals surface area contributed by atoms with E-state index in [9.17, 15) is 0 Å². The highest BCUT2D eigenvalue weighted by atomic mass is 15.0. The van der Waals surface area contributed by atoms with Crippen LogP contribution in [0.3, 0.4) is 0 Å². The minimum absolute atomic E-state index is 0.638. The highest BCUT2D eigenvalue weighted by Gasteiger charge is 2.18. The van der Waals surface area contributed by atoms with Gasteiger partial charge >= 0.3 is 0 Å². The fourth-order valence-corrected chi connectivity index (χ4v) is 7.38. The fourth-order valence-electron chi connectivity index (χ4n) is 7.38. The van der Waals surface area contributed by atoms with Crippen LogP contribution in [0.1, 0.15) is 0 Å². The van der Waals surface area contributed by atoms with Gasteiger partial charge in [0.2, 0.25) is 0 Å². The van der Waals surface area contributed by atoms with Crippen molar-refractivity contribution in [3.8, 4) is 39.9 Å². The molecule has 0 spiro atoms. The SMILES string of the molecule is c1ccc(-c2nc(-c3ccccc3)nc(-c3cccc(-n4c5ccccc5c5c6ccc7ccc8ccccc8c7c6ccc54)c3)n2)cc1. The molecule has 0 bridgehead atoms. The Morgan fingerprint density at radius 2 is 0.878 bits per heavy atom. The second-order valence-electron chi connectivity index (χ2n) is 12.4. The largest absolute Gasteiger partial charge is 0.309 e. The summed E-state index contributed by atoms with van der Waals surface area (Å²) in [5.41, 5.74) is 6.21. The monoisotopic (exact) mass is 624 g/mol. The zero-order chi connectivity index (χ0) is 32.3. The van der Waals surface area contributed by atoms with E-state index in [0.717, 1.165) is 33.4 Å². The van der Waals surface area contributed by atoms with E-state index in [0.29, 0.717) is 17.5 Å². The highest BCUT2D eigenvalue weighted by Crippen LogP contribution is 2.41. The second kappa shape index (κ2) is 11.0. The molecule has 0 atom stereocenters. The number of fused-ring (bicyclic) bond motifs is 9. The first-order chi connectivity index (χ1) is 24.3. The van der Waals surface area contributed by atoms with Gasteiger partial charge in [0.05, 0.1) is 11.0 Å². The average Bonchev–Trinajstić information content (AvgIpc) is 3.53. The van der Waals surface area contributed by atoms with E-state index in [2.05, 4.69) is 114 Å². The molecule has 0 aliphatic carbocycles. The summed E-state index contributed by atoms with van der Waals surface area (Å²) in [5, 5.41) is 10.1.